The van der Waals surface area contributed by atoms with Gasteiger partial charge in [-0.05, 0) is 73.6 Å². The number of hydrogen-bond acceptors (Lipinski definition) is 3. The second kappa shape index (κ2) is 8.06. The smallest absolute Gasteiger partial charge is 0.220 e. The van der Waals surface area contributed by atoms with E-state index in [2.05, 4.69) is 11.4 Å². The number of carbonyl (C=O) groups excluding carboxylic acids is 1. The quantitative estimate of drug-likeness (QED) is 0.788. The number of anilines is 1. The molecule has 2 aromatic carbocycles. The van der Waals surface area contributed by atoms with Crippen molar-refractivity contribution in [1.82, 2.24) is 5.32 Å². The van der Waals surface area contributed by atoms with Crippen LogP contribution in [0.4, 0.5) is 5.69 Å². The van der Waals surface area contributed by atoms with E-state index < -0.39 is 0 Å². The molecular formula is C21H26N2O2. The van der Waals surface area contributed by atoms with Crippen molar-refractivity contribution in [1.29, 1.82) is 0 Å². The van der Waals surface area contributed by atoms with Crippen LogP contribution in [0.3, 0.4) is 0 Å². The fourth-order valence-electron chi connectivity index (χ4n) is 3.43. The number of nitrogens with one attached hydrogen (secondary N) is 1. The minimum Gasteiger partial charge on any atom is -0.494 e. The van der Waals surface area contributed by atoms with Crippen molar-refractivity contribution in [3.05, 3.63) is 59.2 Å². The summed E-state index contributed by atoms with van der Waals surface area (Å²) in [6.45, 7) is 2.63. The molecule has 3 rings (SSSR count). The van der Waals surface area contributed by atoms with Crippen molar-refractivity contribution >= 4 is 11.6 Å². The Morgan fingerprint density at radius 1 is 1.24 bits per heavy atom. The summed E-state index contributed by atoms with van der Waals surface area (Å²) in [4.78, 5) is 12.4. The first-order valence-electron chi connectivity index (χ1n) is 9.05. The summed E-state index contributed by atoms with van der Waals surface area (Å²) < 4.78 is 5.44. The molecule has 0 radical (unpaired) electrons. The van der Waals surface area contributed by atoms with Crippen LogP contribution >= 0.6 is 0 Å². The molecule has 0 spiro atoms. The second-order valence-corrected chi connectivity index (χ2v) is 6.55. The van der Waals surface area contributed by atoms with Gasteiger partial charge >= 0.3 is 0 Å². The number of rotatable bonds is 6. The molecule has 0 saturated heterocycles. The van der Waals surface area contributed by atoms with E-state index in [-0.39, 0.29) is 11.9 Å². The Morgan fingerprint density at radius 2 is 2.04 bits per heavy atom. The Balaban J connectivity index is 1.55. The predicted octanol–water partition coefficient (Wildman–Crippen LogP) is 3.79. The van der Waals surface area contributed by atoms with E-state index in [0.29, 0.717) is 13.0 Å². The molecular weight excluding hydrogens is 312 g/mol. The number of benzene rings is 2. The maximum Gasteiger partial charge on any atom is 0.220 e. The number of fused-ring (bicyclic) bond motifs is 1. The lowest BCUT2D eigenvalue weighted by atomic mass is 9.87. The molecule has 2 aromatic rings. The number of amides is 1. The molecule has 0 saturated carbocycles. The standard InChI is InChI=1S/C21H26N2O2/c1-2-25-18-10-6-15(7-11-18)8-13-21(24)23-20-5-3-4-16-14-17(22)9-12-19(16)20/h6-7,9-12,14,20H,2-5,8,13,22H2,1H3,(H,23,24). The molecule has 4 nitrogen and oxygen atoms in total. The van der Waals surface area contributed by atoms with E-state index in [9.17, 15) is 4.79 Å². The third-order valence-corrected chi connectivity index (χ3v) is 4.69. The zero-order chi connectivity index (χ0) is 17.6. The lowest BCUT2D eigenvalue weighted by Crippen LogP contribution is -2.31. The van der Waals surface area contributed by atoms with E-state index in [4.69, 9.17) is 10.5 Å². The van der Waals surface area contributed by atoms with Gasteiger partial charge in [-0.15, -0.1) is 0 Å². The van der Waals surface area contributed by atoms with Crippen LogP contribution in [0.2, 0.25) is 0 Å². The fourth-order valence-corrected chi connectivity index (χ4v) is 3.43. The van der Waals surface area contributed by atoms with Gasteiger partial charge < -0.3 is 15.8 Å². The minimum absolute atomic E-state index is 0.101. The lowest BCUT2D eigenvalue weighted by molar-refractivity contribution is -0.121. The molecule has 25 heavy (non-hydrogen) atoms. The van der Waals surface area contributed by atoms with Crippen LogP contribution in [-0.2, 0) is 17.6 Å². The maximum absolute atomic E-state index is 12.4. The minimum atomic E-state index is 0.101. The van der Waals surface area contributed by atoms with Crippen molar-refractivity contribution in [2.75, 3.05) is 12.3 Å². The summed E-state index contributed by atoms with van der Waals surface area (Å²) in [6, 6.07) is 14.1. The van der Waals surface area contributed by atoms with E-state index in [1.54, 1.807) is 0 Å². The van der Waals surface area contributed by atoms with Gasteiger partial charge in [-0.25, -0.2) is 0 Å². The molecule has 1 atom stereocenters. The Kier molecular flexibility index (Phi) is 5.59. The average Bonchev–Trinajstić information content (AvgIpc) is 2.61. The summed E-state index contributed by atoms with van der Waals surface area (Å²) in [5.41, 5.74) is 10.3. The van der Waals surface area contributed by atoms with Gasteiger partial charge in [0.05, 0.1) is 12.6 Å². The summed E-state index contributed by atoms with van der Waals surface area (Å²) in [5.74, 6) is 0.970. The van der Waals surface area contributed by atoms with Gasteiger partial charge in [0.2, 0.25) is 5.91 Å². The van der Waals surface area contributed by atoms with Crippen molar-refractivity contribution in [3.8, 4) is 5.75 Å². The van der Waals surface area contributed by atoms with Crippen molar-refractivity contribution in [3.63, 3.8) is 0 Å². The largest absolute Gasteiger partial charge is 0.494 e. The number of nitrogen functional groups attached to an aromatic ring is 1. The monoisotopic (exact) mass is 338 g/mol. The number of hydrogen-bond donors (Lipinski definition) is 2. The number of carbonyl (C=O) groups is 1. The lowest BCUT2D eigenvalue weighted by Gasteiger charge is -2.26. The van der Waals surface area contributed by atoms with Crippen LogP contribution < -0.4 is 15.8 Å². The van der Waals surface area contributed by atoms with Crippen LogP contribution in [0.1, 0.15) is 48.9 Å². The van der Waals surface area contributed by atoms with E-state index in [1.807, 2.05) is 43.3 Å². The third kappa shape index (κ3) is 4.53. The molecule has 0 fully saturated rings. The van der Waals surface area contributed by atoms with E-state index >= 15 is 0 Å². The van der Waals surface area contributed by atoms with Crippen molar-refractivity contribution in [2.45, 2.75) is 45.1 Å². The van der Waals surface area contributed by atoms with Crippen LogP contribution in [0.15, 0.2) is 42.5 Å². The predicted molar refractivity (Wildman–Crippen MR) is 101 cm³/mol. The zero-order valence-electron chi connectivity index (χ0n) is 14.8. The fraction of sp³-hybridized carbons (Fsp3) is 0.381. The number of ether oxygens (including phenoxy) is 1. The maximum atomic E-state index is 12.4. The first kappa shape index (κ1) is 17.3. The van der Waals surface area contributed by atoms with Gasteiger partial charge in [0.1, 0.15) is 5.75 Å². The Labute approximate surface area is 149 Å². The van der Waals surface area contributed by atoms with Gasteiger partial charge in [0.25, 0.3) is 0 Å². The first-order chi connectivity index (χ1) is 12.2. The van der Waals surface area contributed by atoms with Crippen molar-refractivity contribution < 1.29 is 9.53 Å². The highest BCUT2D eigenvalue weighted by Gasteiger charge is 2.21. The van der Waals surface area contributed by atoms with Gasteiger partial charge in [0.15, 0.2) is 0 Å². The molecule has 132 valence electrons. The molecule has 0 bridgehead atoms. The summed E-state index contributed by atoms with van der Waals surface area (Å²) in [5, 5.41) is 3.19. The summed E-state index contributed by atoms with van der Waals surface area (Å²) in [6.07, 6.45) is 4.35. The summed E-state index contributed by atoms with van der Waals surface area (Å²) in [7, 11) is 0. The Morgan fingerprint density at radius 3 is 2.80 bits per heavy atom. The highest BCUT2D eigenvalue weighted by atomic mass is 16.5. The first-order valence-corrected chi connectivity index (χ1v) is 9.05. The number of nitrogens with two attached hydrogens (primary N) is 1. The van der Waals surface area contributed by atoms with Crippen molar-refractivity contribution in [2.24, 2.45) is 0 Å². The van der Waals surface area contributed by atoms with Gasteiger partial charge in [-0.2, -0.15) is 0 Å². The third-order valence-electron chi connectivity index (χ3n) is 4.69. The van der Waals surface area contributed by atoms with Crippen LogP contribution in [0.25, 0.3) is 0 Å². The highest BCUT2D eigenvalue weighted by Crippen LogP contribution is 2.31. The normalized spacial score (nSPS) is 16.1. The molecule has 0 heterocycles. The van der Waals surface area contributed by atoms with Gasteiger partial charge in [-0.3, -0.25) is 4.79 Å². The molecule has 1 aliphatic carbocycles. The second-order valence-electron chi connectivity index (χ2n) is 6.55. The molecule has 1 unspecified atom stereocenters. The average molecular weight is 338 g/mol. The number of aryl methyl sites for hydroxylation is 2. The molecule has 0 aromatic heterocycles. The van der Waals surface area contributed by atoms with Gasteiger partial charge in [0, 0.05) is 12.1 Å². The van der Waals surface area contributed by atoms with E-state index in [0.717, 1.165) is 42.7 Å². The van der Waals surface area contributed by atoms with Gasteiger partial charge in [-0.1, -0.05) is 18.2 Å². The van der Waals surface area contributed by atoms with E-state index in [1.165, 1.54) is 11.1 Å². The molecule has 1 amide bonds. The zero-order valence-corrected chi connectivity index (χ0v) is 14.8. The molecule has 4 heteroatoms. The highest BCUT2D eigenvalue weighted by molar-refractivity contribution is 5.77. The molecule has 3 N–H and O–H groups in total. The summed E-state index contributed by atoms with van der Waals surface area (Å²) >= 11 is 0. The SMILES string of the molecule is CCOc1ccc(CCC(=O)NC2CCCc3cc(N)ccc32)cc1. The topological polar surface area (TPSA) is 64.3 Å². The van der Waals surface area contributed by atoms with Crippen LogP contribution in [0, 0.1) is 0 Å². The Bertz CT molecular complexity index is 725. The van der Waals surface area contributed by atoms with Crippen LogP contribution in [0.5, 0.6) is 5.75 Å². The van der Waals surface area contributed by atoms with Crippen LogP contribution in [-0.4, -0.2) is 12.5 Å². The Hall–Kier alpha value is -2.49. The molecule has 1 aliphatic rings. The molecule has 0 aliphatic heterocycles.